The summed E-state index contributed by atoms with van der Waals surface area (Å²) in [6, 6.07) is 6.01. The third kappa shape index (κ3) is 2.65. The SMILES string of the molecule is CCN(c1ccccc1Cl)C(CO)C(=O)O. The number of hydrogen-bond donors (Lipinski definition) is 2. The summed E-state index contributed by atoms with van der Waals surface area (Å²) in [7, 11) is 0. The van der Waals surface area contributed by atoms with Crippen LogP contribution in [-0.4, -0.2) is 35.4 Å². The van der Waals surface area contributed by atoms with E-state index in [1.807, 2.05) is 6.92 Å². The second-order valence-electron chi connectivity index (χ2n) is 3.27. The lowest BCUT2D eigenvalue weighted by Gasteiger charge is -2.29. The average Bonchev–Trinajstić information content (AvgIpc) is 2.26. The molecule has 0 radical (unpaired) electrons. The molecule has 16 heavy (non-hydrogen) atoms. The number of benzene rings is 1. The van der Waals surface area contributed by atoms with Crippen molar-refractivity contribution in [2.75, 3.05) is 18.1 Å². The lowest BCUT2D eigenvalue weighted by molar-refractivity contribution is -0.139. The number of aliphatic hydroxyl groups is 1. The van der Waals surface area contributed by atoms with E-state index in [0.29, 0.717) is 17.3 Å². The van der Waals surface area contributed by atoms with Crippen LogP contribution >= 0.6 is 11.6 Å². The summed E-state index contributed by atoms with van der Waals surface area (Å²) < 4.78 is 0. The van der Waals surface area contributed by atoms with Crippen molar-refractivity contribution >= 4 is 23.3 Å². The van der Waals surface area contributed by atoms with Crippen LogP contribution in [0.3, 0.4) is 0 Å². The topological polar surface area (TPSA) is 60.8 Å². The minimum absolute atomic E-state index is 0.450. The molecule has 0 aromatic heterocycles. The largest absolute Gasteiger partial charge is 0.480 e. The number of anilines is 1. The van der Waals surface area contributed by atoms with Gasteiger partial charge in [-0.25, -0.2) is 4.79 Å². The Labute approximate surface area is 99.1 Å². The van der Waals surface area contributed by atoms with Crippen LogP contribution in [0.15, 0.2) is 24.3 Å². The first-order valence-electron chi connectivity index (χ1n) is 4.96. The Morgan fingerprint density at radius 1 is 1.50 bits per heavy atom. The van der Waals surface area contributed by atoms with Gasteiger partial charge in [0, 0.05) is 6.54 Å². The molecule has 0 amide bonds. The van der Waals surface area contributed by atoms with E-state index in [0.717, 1.165) is 0 Å². The molecular formula is C11H14ClNO3. The number of carboxylic acid groups (broad SMARTS) is 1. The van der Waals surface area contributed by atoms with E-state index >= 15 is 0 Å². The van der Waals surface area contributed by atoms with Crippen LogP contribution in [0.1, 0.15) is 6.92 Å². The molecule has 5 heteroatoms. The molecular weight excluding hydrogens is 230 g/mol. The highest BCUT2D eigenvalue weighted by Crippen LogP contribution is 2.26. The maximum absolute atomic E-state index is 11.0. The van der Waals surface area contributed by atoms with Crippen LogP contribution in [0, 0.1) is 0 Å². The van der Waals surface area contributed by atoms with Gasteiger partial charge in [-0.2, -0.15) is 0 Å². The monoisotopic (exact) mass is 243 g/mol. The molecule has 1 rings (SSSR count). The van der Waals surface area contributed by atoms with Gasteiger partial charge in [-0.1, -0.05) is 23.7 Å². The zero-order valence-corrected chi connectivity index (χ0v) is 9.68. The molecule has 88 valence electrons. The Morgan fingerprint density at radius 3 is 2.56 bits per heavy atom. The highest BCUT2D eigenvalue weighted by atomic mass is 35.5. The van der Waals surface area contributed by atoms with Gasteiger partial charge in [-0.15, -0.1) is 0 Å². The second-order valence-corrected chi connectivity index (χ2v) is 3.68. The van der Waals surface area contributed by atoms with Crippen molar-refractivity contribution in [3.63, 3.8) is 0 Å². The van der Waals surface area contributed by atoms with Crippen LogP contribution in [0.5, 0.6) is 0 Å². The zero-order chi connectivity index (χ0) is 12.1. The summed E-state index contributed by atoms with van der Waals surface area (Å²) in [6.45, 7) is 1.82. The average molecular weight is 244 g/mol. The van der Waals surface area contributed by atoms with E-state index in [1.165, 1.54) is 0 Å². The first kappa shape index (κ1) is 12.8. The number of halogens is 1. The van der Waals surface area contributed by atoms with Gasteiger partial charge in [0.15, 0.2) is 6.04 Å². The summed E-state index contributed by atoms with van der Waals surface area (Å²) >= 11 is 5.99. The normalized spacial score (nSPS) is 12.2. The first-order chi connectivity index (χ1) is 7.61. The highest BCUT2D eigenvalue weighted by molar-refractivity contribution is 6.33. The third-order valence-corrected chi connectivity index (χ3v) is 2.66. The predicted molar refractivity (Wildman–Crippen MR) is 63.0 cm³/mol. The number of likely N-dealkylation sites (N-methyl/N-ethyl adjacent to an activating group) is 1. The molecule has 0 aliphatic carbocycles. The van der Waals surface area contributed by atoms with Crippen molar-refractivity contribution in [2.24, 2.45) is 0 Å². The van der Waals surface area contributed by atoms with E-state index in [2.05, 4.69) is 0 Å². The van der Waals surface area contributed by atoms with Crippen LogP contribution in [0.2, 0.25) is 5.02 Å². The molecule has 1 aromatic rings. The van der Waals surface area contributed by atoms with Crippen LogP contribution in [0.4, 0.5) is 5.69 Å². The molecule has 0 bridgehead atoms. The molecule has 0 spiro atoms. The third-order valence-electron chi connectivity index (χ3n) is 2.34. The summed E-state index contributed by atoms with van der Waals surface area (Å²) in [4.78, 5) is 12.5. The van der Waals surface area contributed by atoms with Crippen molar-refractivity contribution in [3.05, 3.63) is 29.3 Å². The molecule has 0 saturated heterocycles. The van der Waals surface area contributed by atoms with Crippen LogP contribution < -0.4 is 4.90 Å². The van der Waals surface area contributed by atoms with Gasteiger partial charge in [-0.3, -0.25) is 0 Å². The van der Waals surface area contributed by atoms with E-state index in [1.54, 1.807) is 29.2 Å². The van der Waals surface area contributed by atoms with E-state index < -0.39 is 18.6 Å². The standard InChI is InChI=1S/C11H14ClNO3/c1-2-13(10(7-14)11(15)16)9-6-4-3-5-8(9)12/h3-6,10,14H,2,7H2,1H3,(H,15,16). The van der Waals surface area contributed by atoms with E-state index in [-0.39, 0.29) is 0 Å². The summed E-state index contributed by atoms with van der Waals surface area (Å²) in [5.41, 5.74) is 0.619. The molecule has 2 N–H and O–H groups in total. The zero-order valence-electron chi connectivity index (χ0n) is 8.93. The lowest BCUT2D eigenvalue weighted by Crippen LogP contribution is -2.44. The van der Waals surface area contributed by atoms with Crippen molar-refractivity contribution in [1.29, 1.82) is 0 Å². The van der Waals surface area contributed by atoms with Gasteiger partial charge in [0.05, 0.1) is 17.3 Å². The summed E-state index contributed by atoms with van der Waals surface area (Å²) in [6.07, 6.45) is 0. The number of aliphatic hydroxyl groups excluding tert-OH is 1. The Balaban J connectivity index is 3.06. The molecule has 0 fully saturated rings. The first-order valence-corrected chi connectivity index (χ1v) is 5.34. The van der Waals surface area contributed by atoms with Crippen molar-refractivity contribution < 1.29 is 15.0 Å². The van der Waals surface area contributed by atoms with Crippen LogP contribution in [-0.2, 0) is 4.79 Å². The number of para-hydroxylation sites is 1. The lowest BCUT2D eigenvalue weighted by atomic mass is 10.2. The molecule has 0 aliphatic rings. The van der Waals surface area contributed by atoms with Crippen molar-refractivity contribution in [1.82, 2.24) is 0 Å². The fourth-order valence-corrected chi connectivity index (χ4v) is 1.80. The Kier molecular flexibility index (Phi) is 4.58. The quantitative estimate of drug-likeness (QED) is 0.825. The van der Waals surface area contributed by atoms with Gasteiger partial charge in [0.2, 0.25) is 0 Å². The highest BCUT2D eigenvalue weighted by Gasteiger charge is 2.24. The number of carbonyl (C=O) groups is 1. The number of carboxylic acids is 1. The summed E-state index contributed by atoms with van der Waals surface area (Å²) in [5, 5.41) is 18.5. The fourth-order valence-electron chi connectivity index (χ4n) is 1.55. The number of nitrogens with zero attached hydrogens (tertiary/aromatic N) is 1. The maximum Gasteiger partial charge on any atom is 0.328 e. The minimum Gasteiger partial charge on any atom is -0.480 e. The van der Waals surface area contributed by atoms with Gasteiger partial charge < -0.3 is 15.1 Å². The molecule has 1 aromatic carbocycles. The molecule has 0 heterocycles. The van der Waals surface area contributed by atoms with Gasteiger partial charge in [0.1, 0.15) is 0 Å². The molecule has 0 aliphatic heterocycles. The number of hydrogen-bond acceptors (Lipinski definition) is 3. The van der Waals surface area contributed by atoms with Crippen molar-refractivity contribution in [2.45, 2.75) is 13.0 Å². The van der Waals surface area contributed by atoms with E-state index in [9.17, 15) is 4.79 Å². The molecule has 0 saturated carbocycles. The Morgan fingerprint density at radius 2 is 2.12 bits per heavy atom. The number of aliphatic carboxylic acids is 1. The molecule has 1 unspecified atom stereocenters. The molecule has 1 atom stereocenters. The number of rotatable bonds is 5. The Bertz CT molecular complexity index is 370. The van der Waals surface area contributed by atoms with Gasteiger partial charge in [0.25, 0.3) is 0 Å². The molecule has 4 nitrogen and oxygen atoms in total. The van der Waals surface area contributed by atoms with Gasteiger partial charge in [-0.05, 0) is 19.1 Å². The van der Waals surface area contributed by atoms with Crippen LogP contribution in [0.25, 0.3) is 0 Å². The van der Waals surface area contributed by atoms with E-state index in [4.69, 9.17) is 21.8 Å². The minimum atomic E-state index is -1.07. The summed E-state index contributed by atoms with van der Waals surface area (Å²) in [5.74, 6) is -1.07. The maximum atomic E-state index is 11.0. The smallest absolute Gasteiger partial charge is 0.328 e. The Hall–Kier alpha value is -1.26. The second kappa shape index (κ2) is 5.72. The fraction of sp³-hybridized carbons (Fsp3) is 0.364. The predicted octanol–water partition coefficient (Wildman–Crippen LogP) is 1.61. The van der Waals surface area contributed by atoms with Gasteiger partial charge >= 0.3 is 5.97 Å². The van der Waals surface area contributed by atoms with Crippen molar-refractivity contribution in [3.8, 4) is 0 Å².